The average Bonchev–Trinajstić information content (AvgIpc) is 3.37. The van der Waals surface area contributed by atoms with Crippen molar-refractivity contribution in [2.24, 2.45) is 0 Å². The molecular formula is C30H33N2S+. The number of para-hydroxylation sites is 1. The second-order valence-corrected chi connectivity index (χ2v) is 10.4. The van der Waals surface area contributed by atoms with Crippen molar-refractivity contribution in [3.63, 3.8) is 0 Å². The highest BCUT2D eigenvalue weighted by Gasteiger charge is 2.48. The predicted molar refractivity (Wildman–Crippen MR) is 142 cm³/mol. The van der Waals surface area contributed by atoms with Crippen LogP contribution in [-0.4, -0.2) is 34.8 Å². The van der Waals surface area contributed by atoms with Crippen LogP contribution < -0.4 is 0 Å². The first kappa shape index (κ1) is 22.0. The van der Waals surface area contributed by atoms with Gasteiger partial charge in [-0.1, -0.05) is 90.6 Å². The van der Waals surface area contributed by atoms with Gasteiger partial charge in [0.25, 0.3) is 0 Å². The first-order valence-corrected chi connectivity index (χ1v) is 13.0. The van der Waals surface area contributed by atoms with Crippen LogP contribution in [0.1, 0.15) is 42.7 Å². The minimum Gasteiger partial charge on any atom is -0.365 e. The summed E-state index contributed by atoms with van der Waals surface area (Å²) in [4.78, 5) is 2.55. The quantitative estimate of drug-likeness (QED) is 0.372. The van der Waals surface area contributed by atoms with Crippen molar-refractivity contribution in [1.82, 2.24) is 4.90 Å². The van der Waals surface area contributed by atoms with E-state index in [1.165, 1.54) is 33.1 Å². The zero-order valence-electron chi connectivity index (χ0n) is 19.9. The van der Waals surface area contributed by atoms with Crippen molar-refractivity contribution < 1.29 is 4.58 Å². The Bertz CT molecular complexity index is 1180. The van der Waals surface area contributed by atoms with E-state index in [0.29, 0.717) is 5.25 Å². The van der Waals surface area contributed by atoms with Gasteiger partial charge >= 0.3 is 0 Å². The predicted octanol–water partition coefficient (Wildman–Crippen LogP) is 6.96. The van der Waals surface area contributed by atoms with Crippen LogP contribution in [0.3, 0.4) is 0 Å². The molecule has 2 atom stereocenters. The summed E-state index contributed by atoms with van der Waals surface area (Å²) < 4.78 is 2.54. The maximum absolute atomic E-state index is 2.55. The Hall–Kier alpha value is -2.78. The largest absolute Gasteiger partial charge is 0.365 e. The Morgan fingerprint density at radius 1 is 0.939 bits per heavy atom. The van der Waals surface area contributed by atoms with Crippen molar-refractivity contribution in [3.05, 3.63) is 113 Å². The number of likely N-dealkylation sites (N-methyl/N-ethyl adjacent to an activating group) is 1. The smallest absolute Gasteiger partial charge is 0.209 e. The lowest BCUT2D eigenvalue weighted by atomic mass is 9.74. The normalized spacial score (nSPS) is 23.4. The second kappa shape index (κ2) is 9.23. The molecule has 0 amide bonds. The van der Waals surface area contributed by atoms with Gasteiger partial charge in [0, 0.05) is 30.8 Å². The summed E-state index contributed by atoms with van der Waals surface area (Å²) in [5, 5.41) is 1.88. The van der Waals surface area contributed by atoms with Crippen LogP contribution in [-0.2, 0) is 11.8 Å². The molecule has 3 aromatic rings. The summed E-state index contributed by atoms with van der Waals surface area (Å²) in [5.41, 5.74) is 6.96. The second-order valence-electron chi connectivity index (χ2n) is 9.18. The summed E-state index contributed by atoms with van der Waals surface area (Å²) in [5.74, 6) is 0. The van der Waals surface area contributed by atoms with Gasteiger partial charge in [0.15, 0.2) is 5.71 Å². The Balaban J connectivity index is 1.59. The van der Waals surface area contributed by atoms with Gasteiger partial charge in [-0.2, -0.15) is 4.58 Å². The van der Waals surface area contributed by atoms with Gasteiger partial charge in [-0.15, -0.1) is 0 Å². The molecule has 0 spiro atoms. The number of hydrogen-bond acceptors (Lipinski definition) is 2. The minimum absolute atomic E-state index is 0.0637. The maximum atomic E-state index is 2.55. The maximum Gasteiger partial charge on any atom is 0.209 e. The number of hydrogen-bond donors (Lipinski definition) is 0. The SMILES string of the molecule is CCN1CC(c2ccccc2)S/C1=C\C1=[N+](CC)c2ccccc2C1(C)Cc1ccccc1. The first-order valence-electron chi connectivity index (χ1n) is 12.1. The van der Waals surface area contributed by atoms with E-state index in [2.05, 4.69) is 121 Å². The molecule has 2 nitrogen and oxygen atoms in total. The van der Waals surface area contributed by atoms with Crippen molar-refractivity contribution in [2.75, 3.05) is 19.6 Å². The van der Waals surface area contributed by atoms with E-state index in [1.54, 1.807) is 0 Å². The lowest BCUT2D eigenvalue weighted by Crippen LogP contribution is -2.34. The number of thioether (sulfide) groups is 1. The molecule has 2 aliphatic rings. The highest BCUT2D eigenvalue weighted by molar-refractivity contribution is 8.03. The summed E-state index contributed by atoms with van der Waals surface area (Å²) in [6, 6.07) is 30.9. The van der Waals surface area contributed by atoms with Crippen LogP contribution in [0.2, 0.25) is 0 Å². The Morgan fingerprint density at radius 2 is 1.61 bits per heavy atom. The van der Waals surface area contributed by atoms with E-state index in [0.717, 1.165) is 26.1 Å². The zero-order valence-corrected chi connectivity index (χ0v) is 20.7. The summed E-state index contributed by atoms with van der Waals surface area (Å²) in [6.45, 7) is 10.1. The van der Waals surface area contributed by atoms with Crippen molar-refractivity contribution in [2.45, 2.75) is 37.9 Å². The first-order chi connectivity index (χ1) is 16.1. The molecule has 2 aliphatic heterocycles. The van der Waals surface area contributed by atoms with Crippen LogP contribution in [0.5, 0.6) is 0 Å². The fourth-order valence-corrected chi connectivity index (χ4v) is 6.80. The number of allylic oxidation sites excluding steroid dienone is 1. The van der Waals surface area contributed by atoms with E-state index >= 15 is 0 Å². The van der Waals surface area contributed by atoms with Crippen molar-refractivity contribution >= 4 is 23.2 Å². The summed E-state index contributed by atoms with van der Waals surface area (Å²) in [7, 11) is 0. The van der Waals surface area contributed by atoms with Gasteiger partial charge in [-0.25, -0.2) is 0 Å². The molecule has 3 aromatic carbocycles. The third kappa shape index (κ3) is 4.04. The molecule has 0 saturated carbocycles. The fourth-order valence-electron chi connectivity index (χ4n) is 5.43. The van der Waals surface area contributed by atoms with Gasteiger partial charge < -0.3 is 4.90 Å². The molecule has 5 rings (SSSR count). The summed E-state index contributed by atoms with van der Waals surface area (Å²) in [6.07, 6.45) is 3.50. The zero-order chi connectivity index (χ0) is 22.8. The highest BCUT2D eigenvalue weighted by atomic mass is 32.2. The molecule has 2 heterocycles. The highest BCUT2D eigenvalue weighted by Crippen LogP contribution is 2.47. The Labute approximate surface area is 202 Å². The standard InChI is InChI=1S/C30H33N2S/c1-4-31-22-27(24-16-10-7-11-17-24)33-29(31)20-28-30(3,21-23-14-8-6-9-15-23)25-18-12-13-19-26(25)32(28)5-2/h6-20,27H,4-5,21-22H2,1-3H3/q+1. The molecule has 0 aromatic heterocycles. The topological polar surface area (TPSA) is 6.25 Å². The molecule has 0 bridgehead atoms. The van der Waals surface area contributed by atoms with Gasteiger partial charge in [0.05, 0.1) is 15.7 Å². The van der Waals surface area contributed by atoms with E-state index in [1.807, 2.05) is 11.8 Å². The molecule has 3 heteroatoms. The molecule has 1 fully saturated rings. The number of benzene rings is 3. The van der Waals surface area contributed by atoms with Crippen LogP contribution in [0.15, 0.2) is 96.0 Å². The van der Waals surface area contributed by atoms with Crippen LogP contribution in [0.25, 0.3) is 0 Å². The molecule has 168 valence electrons. The van der Waals surface area contributed by atoms with Gasteiger partial charge in [-0.05, 0) is 38.3 Å². The molecular weight excluding hydrogens is 420 g/mol. The van der Waals surface area contributed by atoms with E-state index in [9.17, 15) is 0 Å². The Morgan fingerprint density at radius 3 is 2.30 bits per heavy atom. The van der Waals surface area contributed by atoms with Crippen LogP contribution >= 0.6 is 11.8 Å². The van der Waals surface area contributed by atoms with Crippen molar-refractivity contribution in [3.8, 4) is 0 Å². The van der Waals surface area contributed by atoms with E-state index in [4.69, 9.17) is 0 Å². The monoisotopic (exact) mass is 453 g/mol. The summed E-state index contributed by atoms with van der Waals surface area (Å²) >= 11 is 2.02. The third-order valence-electron chi connectivity index (χ3n) is 7.14. The lowest BCUT2D eigenvalue weighted by molar-refractivity contribution is -0.433. The number of rotatable bonds is 6. The molecule has 0 aliphatic carbocycles. The van der Waals surface area contributed by atoms with Crippen molar-refractivity contribution in [1.29, 1.82) is 0 Å². The van der Waals surface area contributed by atoms with E-state index in [-0.39, 0.29) is 5.41 Å². The lowest BCUT2D eigenvalue weighted by Gasteiger charge is -2.24. The molecule has 0 N–H and O–H groups in total. The average molecular weight is 454 g/mol. The van der Waals surface area contributed by atoms with E-state index < -0.39 is 0 Å². The van der Waals surface area contributed by atoms with Crippen LogP contribution in [0, 0.1) is 0 Å². The number of nitrogens with zero attached hydrogens (tertiary/aromatic N) is 2. The minimum atomic E-state index is -0.0637. The third-order valence-corrected chi connectivity index (χ3v) is 8.46. The molecule has 0 radical (unpaired) electrons. The van der Waals surface area contributed by atoms with Gasteiger partial charge in [-0.3, -0.25) is 0 Å². The molecule has 33 heavy (non-hydrogen) atoms. The number of fused-ring (bicyclic) bond motifs is 1. The molecule has 1 saturated heterocycles. The van der Waals surface area contributed by atoms with Gasteiger partial charge in [0.2, 0.25) is 5.69 Å². The fraction of sp³-hybridized carbons (Fsp3) is 0.300. The van der Waals surface area contributed by atoms with Gasteiger partial charge in [0.1, 0.15) is 6.54 Å². The Kier molecular flexibility index (Phi) is 6.16. The molecule has 2 unspecified atom stereocenters. The van der Waals surface area contributed by atoms with Crippen LogP contribution in [0.4, 0.5) is 5.69 Å².